The predicted octanol–water partition coefficient (Wildman–Crippen LogP) is -0.417. The number of aliphatic hydroxyl groups excluding tert-OH is 2. The van der Waals surface area contributed by atoms with Gasteiger partial charge in [-0.15, -0.1) is 0 Å². The average molecular weight is 253 g/mol. The molecule has 2 atom stereocenters. The zero-order chi connectivity index (χ0) is 13.7. The maximum atomic E-state index is 11.6. The first-order chi connectivity index (χ1) is 8.45. The number of nitrogens with two attached hydrogens (primary N) is 1. The fourth-order valence-electron chi connectivity index (χ4n) is 1.46. The van der Waals surface area contributed by atoms with Crippen LogP contribution in [-0.2, 0) is 16.2 Å². The summed E-state index contributed by atoms with van der Waals surface area (Å²) in [6.07, 6.45) is -1.97. The van der Waals surface area contributed by atoms with Crippen molar-refractivity contribution in [1.82, 2.24) is 0 Å². The molecule has 0 aromatic heterocycles. The van der Waals surface area contributed by atoms with E-state index < -0.39 is 30.3 Å². The minimum Gasteiger partial charge on any atom is -0.481 e. The van der Waals surface area contributed by atoms with E-state index in [-0.39, 0.29) is 6.61 Å². The van der Waals surface area contributed by atoms with E-state index in [1.165, 1.54) is 12.1 Å². The van der Waals surface area contributed by atoms with Gasteiger partial charge in [-0.3, -0.25) is 9.59 Å². The van der Waals surface area contributed by atoms with Gasteiger partial charge in [-0.2, -0.15) is 0 Å². The molecular weight excluding hydrogens is 238 g/mol. The Morgan fingerprint density at radius 1 is 1.22 bits per heavy atom. The van der Waals surface area contributed by atoms with E-state index in [0.29, 0.717) is 11.1 Å². The van der Waals surface area contributed by atoms with Gasteiger partial charge in [0.25, 0.3) is 0 Å². The number of carbonyl (C=O) groups is 2. The summed E-state index contributed by atoms with van der Waals surface area (Å²) in [6, 6.07) is 4.86. The summed E-state index contributed by atoms with van der Waals surface area (Å²) in [5, 5.41) is 27.1. The Balaban J connectivity index is 2.75. The van der Waals surface area contributed by atoms with Gasteiger partial charge in [0.15, 0.2) is 5.78 Å². The topological polar surface area (TPSA) is 121 Å². The van der Waals surface area contributed by atoms with Gasteiger partial charge in [0.2, 0.25) is 0 Å². The first-order valence-electron chi connectivity index (χ1n) is 5.34. The lowest BCUT2D eigenvalue weighted by molar-refractivity contribution is -0.140. The molecule has 0 saturated carbocycles. The highest BCUT2D eigenvalue weighted by Crippen LogP contribution is 2.16. The van der Waals surface area contributed by atoms with Crippen molar-refractivity contribution in [3.8, 4) is 0 Å². The highest BCUT2D eigenvalue weighted by atomic mass is 16.4. The lowest BCUT2D eigenvalue weighted by Crippen LogP contribution is -2.36. The molecule has 1 rings (SSSR count). The summed E-state index contributed by atoms with van der Waals surface area (Å²) < 4.78 is 0. The predicted molar refractivity (Wildman–Crippen MR) is 62.6 cm³/mol. The van der Waals surface area contributed by atoms with Crippen LogP contribution >= 0.6 is 0 Å². The van der Waals surface area contributed by atoms with Crippen LogP contribution in [0.1, 0.15) is 23.7 Å². The Morgan fingerprint density at radius 3 is 2.22 bits per heavy atom. The molecular formula is C12H15NO5. The van der Waals surface area contributed by atoms with Crippen LogP contribution in [0.5, 0.6) is 0 Å². The fraction of sp³-hybridized carbons (Fsp3) is 0.333. The third-order valence-corrected chi connectivity index (χ3v) is 2.51. The highest BCUT2D eigenvalue weighted by Gasteiger charge is 2.25. The molecule has 6 heteroatoms. The van der Waals surface area contributed by atoms with Crippen LogP contribution in [-0.4, -0.2) is 33.1 Å². The second kappa shape index (κ2) is 6.25. The van der Waals surface area contributed by atoms with E-state index in [1.54, 1.807) is 12.1 Å². The molecule has 0 aliphatic rings. The number of carboxylic acid groups (broad SMARTS) is 1. The molecule has 5 N–H and O–H groups in total. The van der Waals surface area contributed by atoms with Crippen molar-refractivity contribution >= 4 is 11.8 Å². The number of hydrogen-bond acceptors (Lipinski definition) is 5. The number of rotatable bonds is 6. The summed E-state index contributed by atoms with van der Waals surface area (Å²) in [5.74, 6) is -1.94. The summed E-state index contributed by atoms with van der Waals surface area (Å²) in [4.78, 5) is 22.1. The number of benzene rings is 1. The zero-order valence-electron chi connectivity index (χ0n) is 9.61. The molecule has 0 bridgehead atoms. The highest BCUT2D eigenvalue weighted by molar-refractivity contribution is 5.91. The van der Waals surface area contributed by atoms with Crippen LogP contribution in [0, 0.1) is 0 Å². The normalized spacial score (nSPS) is 13.9. The van der Waals surface area contributed by atoms with E-state index in [1.807, 2.05) is 0 Å². The van der Waals surface area contributed by atoms with Gasteiger partial charge in [0.05, 0.1) is 19.1 Å². The minimum absolute atomic E-state index is 0.136. The Morgan fingerprint density at radius 2 is 1.78 bits per heavy atom. The van der Waals surface area contributed by atoms with Gasteiger partial charge in [-0.05, 0) is 11.1 Å². The zero-order valence-corrected chi connectivity index (χ0v) is 9.61. The number of aliphatic hydroxyl groups is 2. The molecule has 1 unspecified atom stereocenters. The third kappa shape index (κ3) is 3.63. The van der Waals surface area contributed by atoms with Gasteiger partial charge in [0.1, 0.15) is 6.10 Å². The number of ketones is 1. The molecule has 0 fully saturated rings. The maximum Gasteiger partial charge on any atom is 0.305 e. The van der Waals surface area contributed by atoms with Crippen molar-refractivity contribution in [3.63, 3.8) is 0 Å². The van der Waals surface area contributed by atoms with Crippen molar-refractivity contribution < 1.29 is 24.9 Å². The number of aliphatic carboxylic acids is 1. The summed E-state index contributed by atoms with van der Waals surface area (Å²) in [7, 11) is 0. The van der Waals surface area contributed by atoms with Crippen molar-refractivity contribution in [2.24, 2.45) is 5.73 Å². The van der Waals surface area contributed by atoms with Gasteiger partial charge in [-0.25, -0.2) is 0 Å². The molecule has 0 aliphatic heterocycles. The third-order valence-electron chi connectivity index (χ3n) is 2.51. The monoisotopic (exact) mass is 253 g/mol. The van der Waals surface area contributed by atoms with Gasteiger partial charge in [0, 0.05) is 0 Å². The van der Waals surface area contributed by atoms with Crippen LogP contribution in [0.25, 0.3) is 0 Å². The number of Topliss-reactive ketones (excluding diaryl/α,β-unsaturated/α-hetero) is 1. The number of carboxylic acids is 1. The smallest absolute Gasteiger partial charge is 0.305 e. The molecule has 0 aliphatic carbocycles. The molecule has 18 heavy (non-hydrogen) atoms. The Kier molecular flexibility index (Phi) is 4.96. The van der Waals surface area contributed by atoms with Crippen LogP contribution in [0.4, 0.5) is 0 Å². The first kappa shape index (κ1) is 14.3. The summed E-state index contributed by atoms with van der Waals surface area (Å²) in [5.41, 5.74) is 6.35. The first-order valence-corrected chi connectivity index (χ1v) is 5.34. The van der Waals surface area contributed by atoms with E-state index in [2.05, 4.69) is 0 Å². The van der Waals surface area contributed by atoms with Crippen molar-refractivity contribution in [1.29, 1.82) is 0 Å². The van der Waals surface area contributed by atoms with E-state index in [9.17, 15) is 14.7 Å². The molecule has 1 aromatic carbocycles. The maximum absolute atomic E-state index is 11.6. The van der Waals surface area contributed by atoms with Crippen LogP contribution in [0.3, 0.4) is 0 Å². The van der Waals surface area contributed by atoms with Crippen LogP contribution in [0.2, 0.25) is 0 Å². The number of hydrogen-bond donors (Lipinski definition) is 4. The Hall–Kier alpha value is -1.76. The lowest BCUT2D eigenvalue weighted by atomic mass is 9.98. The second-order valence-electron chi connectivity index (χ2n) is 3.91. The van der Waals surface area contributed by atoms with Gasteiger partial charge < -0.3 is 21.1 Å². The standard InChI is InChI=1S/C12H15NO5/c13-9(5-10(15)16)12(18)11(17)8-3-1-7(6-14)2-4-8/h1-4,9,11,14,17H,5-6,13H2,(H,15,16)/t9-,11?/m0/s1. The van der Waals surface area contributed by atoms with Crippen molar-refractivity contribution in [3.05, 3.63) is 35.4 Å². The largest absolute Gasteiger partial charge is 0.481 e. The van der Waals surface area contributed by atoms with Crippen LogP contribution < -0.4 is 5.73 Å². The lowest BCUT2D eigenvalue weighted by Gasteiger charge is -2.14. The molecule has 0 amide bonds. The number of carbonyl (C=O) groups excluding carboxylic acids is 1. The van der Waals surface area contributed by atoms with Crippen molar-refractivity contribution in [2.45, 2.75) is 25.2 Å². The molecule has 0 spiro atoms. The molecule has 6 nitrogen and oxygen atoms in total. The Labute approximate surface area is 104 Å². The summed E-state index contributed by atoms with van der Waals surface area (Å²) in [6.45, 7) is -0.136. The van der Waals surface area contributed by atoms with E-state index in [0.717, 1.165) is 0 Å². The van der Waals surface area contributed by atoms with E-state index in [4.69, 9.17) is 15.9 Å². The molecule has 0 radical (unpaired) electrons. The molecule has 0 heterocycles. The van der Waals surface area contributed by atoms with Gasteiger partial charge >= 0.3 is 5.97 Å². The van der Waals surface area contributed by atoms with Gasteiger partial charge in [-0.1, -0.05) is 24.3 Å². The SMILES string of the molecule is N[C@@H](CC(=O)O)C(=O)C(O)c1ccc(CO)cc1. The second-order valence-corrected chi connectivity index (χ2v) is 3.91. The van der Waals surface area contributed by atoms with Crippen molar-refractivity contribution in [2.75, 3.05) is 0 Å². The Bertz CT molecular complexity index is 429. The van der Waals surface area contributed by atoms with E-state index >= 15 is 0 Å². The average Bonchev–Trinajstić information content (AvgIpc) is 2.36. The fourth-order valence-corrected chi connectivity index (χ4v) is 1.46. The quantitative estimate of drug-likeness (QED) is 0.546. The minimum atomic E-state index is -1.45. The molecule has 1 aromatic rings. The summed E-state index contributed by atoms with van der Waals surface area (Å²) >= 11 is 0. The molecule has 0 saturated heterocycles. The van der Waals surface area contributed by atoms with Crippen LogP contribution in [0.15, 0.2) is 24.3 Å². The molecule has 98 valence electrons.